The van der Waals surface area contributed by atoms with Gasteiger partial charge in [0.2, 0.25) is 0 Å². The molecule has 0 aromatic carbocycles. The van der Waals surface area contributed by atoms with E-state index in [1.54, 1.807) is 12.4 Å². The summed E-state index contributed by atoms with van der Waals surface area (Å²) < 4.78 is 0. The summed E-state index contributed by atoms with van der Waals surface area (Å²) in [5, 5.41) is 12.0. The highest BCUT2D eigenvalue weighted by atomic mass is 32.2. The lowest BCUT2D eigenvalue weighted by atomic mass is 10.2. The molecule has 1 fully saturated rings. The van der Waals surface area contributed by atoms with Crippen molar-refractivity contribution in [3.05, 3.63) is 18.2 Å². The first-order valence-electron chi connectivity index (χ1n) is 6.97. The van der Waals surface area contributed by atoms with Crippen LogP contribution in [0.4, 0.5) is 4.79 Å². The van der Waals surface area contributed by atoms with Crippen LogP contribution in [-0.4, -0.2) is 49.1 Å². The number of thioether (sulfide) groups is 1. The van der Waals surface area contributed by atoms with Gasteiger partial charge in [-0.3, -0.25) is 4.90 Å². The van der Waals surface area contributed by atoms with Gasteiger partial charge < -0.3 is 15.4 Å². The molecule has 0 aliphatic carbocycles. The Balaban J connectivity index is 2.07. The summed E-state index contributed by atoms with van der Waals surface area (Å²) in [7, 11) is 0. The van der Waals surface area contributed by atoms with E-state index in [4.69, 9.17) is 0 Å². The van der Waals surface area contributed by atoms with E-state index < -0.39 is 12.0 Å². The van der Waals surface area contributed by atoms with Crippen LogP contribution in [0.25, 0.3) is 0 Å². The monoisotopic (exact) mass is 312 g/mol. The van der Waals surface area contributed by atoms with Crippen LogP contribution >= 0.6 is 11.8 Å². The van der Waals surface area contributed by atoms with Crippen LogP contribution in [0.3, 0.4) is 0 Å². The molecule has 0 radical (unpaired) electrons. The van der Waals surface area contributed by atoms with Gasteiger partial charge in [-0.1, -0.05) is 13.3 Å². The lowest BCUT2D eigenvalue weighted by molar-refractivity contribution is -0.141. The first-order valence-corrected chi connectivity index (χ1v) is 8.02. The quantitative estimate of drug-likeness (QED) is 0.770. The molecule has 0 bridgehead atoms. The van der Waals surface area contributed by atoms with Crippen molar-refractivity contribution in [1.82, 2.24) is 20.2 Å². The summed E-state index contributed by atoms with van der Waals surface area (Å²) in [6.45, 7) is 3.83. The Kier molecular flexibility index (Phi) is 5.11. The number of carbonyl (C=O) groups excluding carboxylic acids is 1. The van der Waals surface area contributed by atoms with E-state index in [1.807, 2.05) is 13.8 Å². The predicted octanol–water partition coefficient (Wildman–Crippen LogP) is 1.81. The third kappa shape index (κ3) is 3.49. The fraction of sp³-hybridized carbons (Fsp3) is 0.615. The highest BCUT2D eigenvalue weighted by molar-refractivity contribution is 8.00. The molecule has 0 saturated carbocycles. The minimum Gasteiger partial charge on any atom is -0.480 e. The molecule has 1 aromatic heterocycles. The van der Waals surface area contributed by atoms with Crippen LogP contribution in [0.15, 0.2) is 12.4 Å². The van der Waals surface area contributed by atoms with Crippen molar-refractivity contribution in [1.29, 1.82) is 0 Å². The van der Waals surface area contributed by atoms with Crippen LogP contribution in [0.5, 0.6) is 0 Å². The van der Waals surface area contributed by atoms with E-state index in [0.29, 0.717) is 11.6 Å². The van der Waals surface area contributed by atoms with Crippen molar-refractivity contribution in [3.63, 3.8) is 0 Å². The van der Waals surface area contributed by atoms with Crippen molar-refractivity contribution >= 4 is 23.8 Å². The number of carboxylic acids is 1. The predicted molar refractivity (Wildman–Crippen MR) is 80.0 cm³/mol. The number of imidazole rings is 1. The Bertz CT molecular complexity index is 494. The zero-order valence-electron chi connectivity index (χ0n) is 12.1. The maximum Gasteiger partial charge on any atom is 0.327 e. The molecule has 2 rings (SSSR count). The van der Waals surface area contributed by atoms with Gasteiger partial charge >= 0.3 is 12.0 Å². The Hall–Kier alpha value is -1.70. The zero-order chi connectivity index (χ0) is 15.4. The smallest absolute Gasteiger partial charge is 0.327 e. The number of aliphatic carboxylic acids is 1. The number of nitrogens with one attached hydrogen (secondary N) is 2. The molecular weight excluding hydrogens is 292 g/mol. The number of aromatic nitrogens is 2. The van der Waals surface area contributed by atoms with Crippen molar-refractivity contribution < 1.29 is 14.7 Å². The maximum absolute atomic E-state index is 12.4. The van der Waals surface area contributed by atoms with Gasteiger partial charge in [-0.05, 0) is 13.3 Å². The first kappa shape index (κ1) is 15.7. The average molecular weight is 312 g/mol. The van der Waals surface area contributed by atoms with E-state index in [1.165, 1.54) is 16.7 Å². The highest BCUT2D eigenvalue weighted by Gasteiger charge is 2.41. The molecule has 1 aliphatic rings. The van der Waals surface area contributed by atoms with E-state index in [0.717, 1.165) is 12.8 Å². The molecule has 8 heteroatoms. The second-order valence-electron chi connectivity index (χ2n) is 4.98. The SMILES string of the molecule is CCCC1SCC(C(=O)O)N1C(=O)NC(C)c1ncc[nH]1. The second kappa shape index (κ2) is 6.84. The Labute approximate surface area is 127 Å². The van der Waals surface area contributed by atoms with Gasteiger partial charge in [0.25, 0.3) is 0 Å². The van der Waals surface area contributed by atoms with Crippen molar-refractivity contribution in [2.45, 2.75) is 44.1 Å². The van der Waals surface area contributed by atoms with Crippen molar-refractivity contribution in [3.8, 4) is 0 Å². The number of nitrogens with zero attached hydrogens (tertiary/aromatic N) is 2. The van der Waals surface area contributed by atoms with E-state index in [-0.39, 0.29) is 17.4 Å². The zero-order valence-corrected chi connectivity index (χ0v) is 12.9. The van der Waals surface area contributed by atoms with Gasteiger partial charge in [-0.2, -0.15) is 0 Å². The number of hydrogen-bond donors (Lipinski definition) is 3. The number of carbonyl (C=O) groups is 2. The fourth-order valence-corrected chi connectivity index (χ4v) is 3.85. The van der Waals surface area contributed by atoms with Gasteiger partial charge in [-0.25, -0.2) is 14.6 Å². The minimum absolute atomic E-state index is 0.0834. The van der Waals surface area contributed by atoms with Gasteiger partial charge in [0.05, 0.1) is 11.4 Å². The Morgan fingerprint density at radius 2 is 2.43 bits per heavy atom. The van der Waals surface area contributed by atoms with Crippen LogP contribution in [-0.2, 0) is 4.79 Å². The van der Waals surface area contributed by atoms with Gasteiger partial charge in [0.1, 0.15) is 11.9 Å². The van der Waals surface area contributed by atoms with Crippen LogP contribution in [0.1, 0.15) is 38.6 Å². The summed E-state index contributed by atoms with van der Waals surface area (Å²) in [5.74, 6) is 0.124. The Morgan fingerprint density at radius 1 is 1.67 bits per heavy atom. The van der Waals surface area contributed by atoms with E-state index in [2.05, 4.69) is 15.3 Å². The Morgan fingerprint density at radius 3 is 3.00 bits per heavy atom. The molecular formula is C13H20N4O3S. The molecule has 2 heterocycles. The number of aromatic amines is 1. The lowest BCUT2D eigenvalue weighted by Gasteiger charge is -2.28. The summed E-state index contributed by atoms with van der Waals surface area (Å²) in [6.07, 6.45) is 4.99. The van der Waals surface area contributed by atoms with Crippen LogP contribution in [0.2, 0.25) is 0 Å². The third-order valence-corrected chi connectivity index (χ3v) is 4.77. The second-order valence-corrected chi connectivity index (χ2v) is 6.19. The van der Waals surface area contributed by atoms with Gasteiger partial charge in [0, 0.05) is 18.1 Å². The number of rotatable bonds is 5. The maximum atomic E-state index is 12.4. The number of hydrogen-bond acceptors (Lipinski definition) is 4. The number of carboxylic acid groups (broad SMARTS) is 1. The van der Waals surface area contributed by atoms with Crippen molar-refractivity contribution in [2.75, 3.05) is 5.75 Å². The van der Waals surface area contributed by atoms with Gasteiger partial charge in [-0.15, -0.1) is 11.8 Å². The van der Waals surface area contributed by atoms with E-state index in [9.17, 15) is 14.7 Å². The molecule has 1 aromatic rings. The topological polar surface area (TPSA) is 98.3 Å². The molecule has 2 amide bonds. The lowest BCUT2D eigenvalue weighted by Crippen LogP contribution is -2.50. The van der Waals surface area contributed by atoms with Gasteiger partial charge in [0.15, 0.2) is 0 Å². The molecule has 3 atom stereocenters. The average Bonchev–Trinajstić information content (AvgIpc) is 3.08. The first-order chi connectivity index (χ1) is 10.0. The molecule has 7 nitrogen and oxygen atoms in total. The summed E-state index contributed by atoms with van der Waals surface area (Å²) >= 11 is 1.53. The molecule has 116 valence electrons. The van der Waals surface area contributed by atoms with Crippen LogP contribution in [0, 0.1) is 0 Å². The highest BCUT2D eigenvalue weighted by Crippen LogP contribution is 2.32. The largest absolute Gasteiger partial charge is 0.480 e. The number of H-pyrrole nitrogens is 1. The standard InChI is InChI=1S/C13H20N4O3S/c1-3-4-10-17(9(7-21-10)12(18)19)13(20)16-8(2)11-14-5-6-15-11/h5-6,8-10H,3-4,7H2,1-2H3,(H,14,15)(H,16,20)(H,18,19). The molecule has 1 saturated heterocycles. The van der Waals surface area contributed by atoms with Crippen LogP contribution < -0.4 is 5.32 Å². The third-order valence-electron chi connectivity index (χ3n) is 3.42. The molecule has 21 heavy (non-hydrogen) atoms. The molecule has 3 unspecified atom stereocenters. The summed E-state index contributed by atoms with van der Waals surface area (Å²) in [6, 6.07) is -1.42. The summed E-state index contributed by atoms with van der Waals surface area (Å²) in [5.41, 5.74) is 0. The fourth-order valence-electron chi connectivity index (χ4n) is 2.34. The number of urea groups is 1. The van der Waals surface area contributed by atoms with Crippen molar-refractivity contribution in [2.24, 2.45) is 0 Å². The molecule has 1 aliphatic heterocycles. The normalized spacial score (nSPS) is 23.0. The summed E-state index contributed by atoms with van der Waals surface area (Å²) in [4.78, 5) is 32.3. The molecule has 3 N–H and O–H groups in total. The minimum atomic E-state index is -0.957. The van der Waals surface area contributed by atoms with E-state index >= 15 is 0 Å². The number of amides is 2. The molecule has 0 spiro atoms.